The molecule has 1 aromatic carbocycles. The summed E-state index contributed by atoms with van der Waals surface area (Å²) in [6, 6.07) is 5.18. The number of carbonyl (C=O) groups is 1. The number of rotatable bonds is 4. The molecule has 0 atom stereocenters. The highest BCUT2D eigenvalue weighted by Gasteiger charge is 2.20. The number of carbonyl (C=O) groups excluding carboxylic acids is 1. The van der Waals surface area contributed by atoms with Crippen LogP contribution in [0.25, 0.3) is 0 Å². The van der Waals surface area contributed by atoms with Crippen molar-refractivity contribution in [2.24, 2.45) is 0 Å². The van der Waals surface area contributed by atoms with Crippen molar-refractivity contribution in [3.63, 3.8) is 0 Å². The van der Waals surface area contributed by atoms with Crippen molar-refractivity contribution in [2.45, 2.75) is 4.90 Å². The Morgan fingerprint density at radius 1 is 1.41 bits per heavy atom. The molecule has 92 valence electrons. The monoisotopic (exact) mass is 276 g/mol. The van der Waals surface area contributed by atoms with Gasteiger partial charge < -0.3 is 4.74 Å². The van der Waals surface area contributed by atoms with Crippen molar-refractivity contribution >= 4 is 27.7 Å². The predicted molar refractivity (Wildman–Crippen MR) is 61.5 cm³/mol. The van der Waals surface area contributed by atoms with Crippen molar-refractivity contribution in [1.82, 2.24) is 0 Å². The Balaban J connectivity index is 3.06. The summed E-state index contributed by atoms with van der Waals surface area (Å²) >= 11 is 5.32. The van der Waals surface area contributed by atoms with E-state index in [4.69, 9.17) is 16.2 Å². The lowest BCUT2D eigenvalue weighted by atomic mass is 10.2. The Kier molecular flexibility index (Phi) is 4.68. The minimum atomic E-state index is -4.46. The fourth-order valence-corrected chi connectivity index (χ4v) is 1.82. The molecule has 0 aliphatic carbocycles. The van der Waals surface area contributed by atoms with Gasteiger partial charge in [-0.15, -0.1) is 11.6 Å². The van der Waals surface area contributed by atoms with Gasteiger partial charge in [0, 0.05) is 5.88 Å². The molecule has 0 radical (unpaired) electrons. The molecule has 0 saturated carbocycles. The number of halogens is 1. The van der Waals surface area contributed by atoms with Gasteiger partial charge in [-0.05, 0) is 18.2 Å². The van der Waals surface area contributed by atoms with Crippen molar-refractivity contribution in [1.29, 1.82) is 0 Å². The van der Waals surface area contributed by atoms with Gasteiger partial charge in [0.1, 0.15) is 4.90 Å². The molecule has 0 saturated heterocycles. The molecule has 1 aromatic rings. The van der Waals surface area contributed by atoms with Crippen LogP contribution in [0.5, 0.6) is 0 Å². The van der Waals surface area contributed by atoms with Crippen LogP contribution in [0, 0.1) is 0 Å². The fourth-order valence-electron chi connectivity index (χ4n) is 1.07. The molecule has 17 heavy (non-hydrogen) atoms. The van der Waals surface area contributed by atoms with Crippen LogP contribution in [0.2, 0.25) is 0 Å². The average Bonchev–Trinajstić information content (AvgIpc) is 2.28. The van der Waals surface area contributed by atoms with E-state index >= 15 is 0 Å². The molecular weight excluding hydrogens is 268 g/mol. The van der Waals surface area contributed by atoms with Crippen LogP contribution < -0.4 is 0 Å². The van der Waals surface area contributed by atoms with Crippen LogP contribution in [-0.2, 0) is 14.9 Å². The second kappa shape index (κ2) is 5.81. The summed E-state index contributed by atoms with van der Waals surface area (Å²) in [4.78, 5) is 11.0. The molecule has 1 rings (SSSR count). The van der Waals surface area contributed by atoms with E-state index < -0.39 is 21.0 Å². The first-order chi connectivity index (χ1) is 7.96. The summed E-state index contributed by atoms with van der Waals surface area (Å²) in [6.45, 7) is 0. The maximum absolute atomic E-state index is 11.5. The summed E-state index contributed by atoms with van der Waals surface area (Å²) in [7, 11) is -4.46. The molecule has 0 aromatic heterocycles. The lowest BCUT2D eigenvalue weighted by molar-refractivity contribution is 0.0658. The number of hydrogen-bond acceptors (Lipinski definition) is 4. The molecule has 0 fully saturated rings. The van der Waals surface area contributed by atoms with Gasteiger partial charge in [-0.3, -0.25) is 4.55 Å². The van der Waals surface area contributed by atoms with Gasteiger partial charge in [0.25, 0.3) is 10.1 Å². The van der Waals surface area contributed by atoms with Gasteiger partial charge in [-0.1, -0.05) is 12.1 Å². The van der Waals surface area contributed by atoms with E-state index in [1.54, 1.807) is 0 Å². The summed E-state index contributed by atoms with van der Waals surface area (Å²) in [5, 5.41) is 0. The third kappa shape index (κ3) is 3.85. The maximum Gasteiger partial charge on any atom is 0.344 e. The zero-order chi connectivity index (χ0) is 12.9. The molecule has 0 aliphatic rings. The van der Waals surface area contributed by atoms with E-state index in [1.807, 2.05) is 0 Å². The van der Waals surface area contributed by atoms with Crippen LogP contribution in [0.4, 0.5) is 0 Å². The van der Waals surface area contributed by atoms with E-state index in [0.29, 0.717) is 0 Å². The molecule has 5 nitrogen and oxygen atoms in total. The standard InChI is InChI=1S/C10H9ClO5S/c11-6-3-7-16-10(12)8-4-1-2-5-9(8)17(13,14)15/h1-5,7H,6H2,(H,13,14,15). The van der Waals surface area contributed by atoms with Crippen molar-refractivity contribution in [3.8, 4) is 0 Å². The molecule has 0 aliphatic heterocycles. The largest absolute Gasteiger partial charge is 0.431 e. The summed E-state index contributed by atoms with van der Waals surface area (Å²) in [5.74, 6) is -0.729. The van der Waals surface area contributed by atoms with E-state index in [1.165, 1.54) is 24.3 Å². The third-order valence-electron chi connectivity index (χ3n) is 1.75. The first-order valence-electron chi connectivity index (χ1n) is 4.45. The van der Waals surface area contributed by atoms with E-state index in [9.17, 15) is 13.2 Å². The van der Waals surface area contributed by atoms with Crippen molar-refractivity contribution in [3.05, 3.63) is 42.2 Å². The quantitative estimate of drug-likeness (QED) is 0.393. The summed E-state index contributed by atoms with van der Waals surface area (Å²) in [6.07, 6.45) is 2.42. The lowest BCUT2D eigenvalue weighted by Gasteiger charge is -2.04. The highest BCUT2D eigenvalue weighted by molar-refractivity contribution is 7.86. The molecule has 0 heterocycles. The zero-order valence-corrected chi connectivity index (χ0v) is 10.1. The van der Waals surface area contributed by atoms with E-state index in [2.05, 4.69) is 4.74 Å². The maximum atomic E-state index is 11.5. The van der Waals surface area contributed by atoms with Crippen LogP contribution in [0.1, 0.15) is 10.4 Å². The van der Waals surface area contributed by atoms with Crippen LogP contribution >= 0.6 is 11.6 Å². The van der Waals surface area contributed by atoms with Gasteiger partial charge in [-0.2, -0.15) is 8.42 Å². The van der Waals surface area contributed by atoms with Gasteiger partial charge >= 0.3 is 5.97 Å². The minimum absolute atomic E-state index is 0.160. The lowest BCUT2D eigenvalue weighted by Crippen LogP contribution is -2.09. The molecule has 0 spiro atoms. The first kappa shape index (κ1) is 13.7. The molecule has 1 N–H and O–H groups in total. The smallest absolute Gasteiger partial charge is 0.344 e. The van der Waals surface area contributed by atoms with Crippen LogP contribution in [0.15, 0.2) is 41.5 Å². The SMILES string of the molecule is O=C(OC=CCCl)c1ccccc1S(=O)(=O)O. The van der Waals surface area contributed by atoms with Crippen molar-refractivity contribution in [2.75, 3.05) is 5.88 Å². The molecule has 0 unspecified atom stereocenters. The topological polar surface area (TPSA) is 80.7 Å². The van der Waals surface area contributed by atoms with Crippen LogP contribution in [-0.4, -0.2) is 24.8 Å². The second-order valence-corrected chi connectivity index (χ2v) is 4.60. The average molecular weight is 277 g/mol. The normalized spacial score (nSPS) is 11.6. The Labute approximate surface area is 103 Å². The van der Waals surface area contributed by atoms with Gasteiger partial charge in [0.15, 0.2) is 0 Å². The number of hydrogen-bond donors (Lipinski definition) is 1. The number of ether oxygens (including phenoxy) is 1. The van der Waals surface area contributed by atoms with Crippen molar-refractivity contribution < 1.29 is 22.5 Å². The summed E-state index contributed by atoms with van der Waals surface area (Å²) < 4.78 is 35.5. The molecule has 0 bridgehead atoms. The molecule has 7 heteroatoms. The number of esters is 1. The minimum Gasteiger partial charge on any atom is -0.431 e. The van der Waals surface area contributed by atoms with E-state index in [-0.39, 0.29) is 11.4 Å². The number of benzene rings is 1. The van der Waals surface area contributed by atoms with Crippen LogP contribution in [0.3, 0.4) is 0 Å². The first-order valence-corrected chi connectivity index (χ1v) is 6.42. The molecular formula is C10H9ClO5S. The van der Waals surface area contributed by atoms with Gasteiger partial charge in [0.2, 0.25) is 0 Å². The number of allylic oxidation sites excluding steroid dienone is 1. The third-order valence-corrected chi connectivity index (χ3v) is 2.84. The van der Waals surface area contributed by atoms with Gasteiger partial charge in [0.05, 0.1) is 11.8 Å². The predicted octanol–water partition coefficient (Wildman–Crippen LogP) is 1.84. The fraction of sp³-hybridized carbons (Fsp3) is 0.100. The Bertz CT molecular complexity index is 535. The van der Waals surface area contributed by atoms with Gasteiger partial charge in [-0.25, -0.2) is 4.79 Å². The number of alkyl halides is 1. The Morgan fingerprint density at radius 2 is 2.06 bits per heavy atom. The summed E-state index contributed by atoms with van der Waals surface area (Å²) in [5.41, 5.74) is -0.241. The molecule has 0 amide bonds. The van der Waals surface area contributed by atoms with E-state index in [0.717, 1.165) is 12.3 Å². The highest BCUT2D eigenvalue weighted by Crippen LogP contribution is 2.16. The highest BCUT2D eigenvalue weighted by atomic mass is 35.5. The second-order valence-electron chi connectivity index (χ2n) is 2.90. The Hall–Kier alpha value is -1.37. The zero-order valence-electron chi connectivity index (χ0n) is 8.54. The Morgan fingerprint density at radius 3 is 2.65 bits per heavy atom.